The van der Waals surface area contributed by atoms with Crippen LogP contribution < -0.4 is 10.6 Å². The lowest BCUT2D eigenvalue weighted by Crippen LogP contribution is -2.41. The first-order chi connectivity index (χ1) is 10.3. The molecule has 3 rings (SSSR count). The van der Waals surface area contributed by atoms with Crippen LogP contribution in [0.5, 0.6) is 0 Å². The number of rotatable bonds is 4. The third-order valence-corrected chi connectivity index (χ3v) is 5.56. The molecule has 0 bridgehead atoms. The van der Waals surface area contributed by atoms with Crippen molar-refractivity contribution in [2.45, 2.75) is 36.5 Å². The van der Waals surface area contributed by atoms with E-state index < -0.39 is 0 Å². The van der Waals surface area contributed by atoms with Crippen LogP contribution in [0.1, 0.15) is 30.7 Å². The second-order valence-electron chi connectivity index (χ2n) is 5.70. The molecule has 0 amide bonds. The van der Waals surface area contributed by atoms with Crippen LogP contribution in [0.25, 0.3) is 0 Å². The van der Waals surface area contributed by atoms with Gasteiger partial charge in [0.05, 0.1) is 0 Å². The summed E-state index contributed by atoms with van der Waals surface area (Å²) in [5.74, 6) is 2.28. The van der Waals surface area contributed by atoms with Crippen molar-refractivity contribution in [3.63, 3.8) is 0 Å². The van der Waals surface area contributed by atoms with Crippen molar-refractivity contribution in [2.75, 3.05) is 19.3 Å². The molecule has 122 valence electrons. The quantitative estimate of drug-likeness (QED) is 0.433. The number of hydrogen-bond acceptors (Lipinski definition) is 2. The third-order valence-electron chi connectivity index (χ3n) is 4.16. The monoisotopic (exact) mass is 435 g/mol. The van der Waals surface area contributed by atoms with Crippen molar-refractivity contribution >= 4 is 41.7 Å². The number of nitrogens with zero attached hydrogens (tertiary/aromatic N) is 1. The van der Waals surface area contributed by atoms with Crippen molar-refractivity contribution in [1.82, 2.24) is 10.6 Å². The lowest BCUT2D eigenvalue weighted by atomic mass is 10.1. The average molecular weight is 435 g/mol. The van der Waals surface area contributed by atoms with Gasteiger partial charge in [-0.2, -0.15) is 11.8 Å². The molecule has 1 aromatic carbocycles. The molecule has 6 heteroatoms. The summed E-state index contributed by atoms with van der Waals surface area (Å²) in [4.78, 5) is 4.27. The molecule has 22 heavy (non-hydrogen) atoms. The molecule has 1 saturated heterocycles. The summed E-state index contributed by atoms with van der Waals surface area (Å²) < 4.78 is 13.7. The van der Waals surface area contributed by atoms with Gasteiger partial charge in [0, 0.05) is 30.8 Å². The van der Waals surface area contributed by atoms with E-state index in [2.05, 4.69) is 15.6 Å². The standard InChI is InChI=1S/C16H22FN3S.HI/c1-18-16(19-10-11-5-4-8-21-11)20-15-9-13(15)12-6-2-3-7-14(12)17;/h2-3,6-7,11,13,15H,4-5,8-10H2,1H3,(H2,18,19,20);1H. The summed E-state index contributed by atoms with van der Waals surface area (Å²) in [5.41, 5.74) is 0.816. The SMILES string of the molecule is CN=C(NCC1CCCS1)NC1CC1c1ccccc1F.I. The van der Waals surface area contributed by atoms with Crippen LogP contribution in [-0.4, -0.2) is 36.6 Å². The molecule has 1 aliphatic heterocycles. The first-order valence-electron chi connectivity index (χ1n) is 7.61. The largest absolute Gasteiger partial charge is 0.355 e. The van der Waals surface area contributed by atoms with E-state index >= 15 is 0 Å². The molecule has 3 atom stereocenters. The van der Waals surface area contributed by atoms with Gasteiger partial charge in [0.1, 0.15) is 5.82 Å². The fourth-order valence-corrected chi connectivity index (χ4v) is 4.06. The molecule has 1 aromatic rings. The van der Waals surface area contributed by atoms with E-state index in [-0.39, 0.29) is 35.7 Å². The van der Waals surface area contributed by atoms with Crippen molar-refractivity contribution in [3.8, 4) is 0 Å². The van der Waals surface area contributed by atoms with Gasteiger partial charge in [0.25, 0.3) is 0 Å². The van der Waals surface area contributed by atoms with Crippen molar-refractivity contribution in [3.05, 3.63) is 35.6 Å². The van der Waals surface area contributed by atoms with Crippen LogP contribution in [-0.2, 0) is 0 Å². The van der Waals surface area contributed by atoms with Gasteiger partial charge in [-0.05, 0) is 36.6 Å². The maximum atomic E-state index is 13.7. The lowest BCUT2D eigenvalue weighted by Gasteiger charge is -2.15. The number of guanidine groups is 1. The Labute approximate surface area is 152 Å². The van der Waals surface area contributed by atoms with Crippen LogP contribution in [0.4, 0.5) is 4.39 Å². The molecule has 1 aliphatic carbocycles. The smallest absolute Gasteiger partial charge is 0.191 e. The molecule has 3 unspecified atom stereocenters. The normalized spacial score (nSPS) is 27.2. The van der Waals surface area contributed by atoms with Gasteiger partial charge >= 0.3 is 0 Å². The summed E-state index contributed by atoms with van der Waals surface area (Å²) in [7, 11) is 1.79. The summed E-state index contributed by atoms with van der Waals surface area (Å²) in [6.45, 7) is 0.960. The van der Waals surface area contributed by atoms with E-state index in [4.69, 9.17) is 0 Å². The third kappa shape index (κ3) is 4.50. The molecule has 2 fully saturated rings. The Hall–Kier alpha value is -0.500. The summed E-state index contributed by atoms with van der Waals surface area (Å²) in [5, 5.41) is 7.50. The topological polar surface area (TPSA) is 36.4 Å². The van der Waals surface area contributed by atoms with Gasteiger partial charge in [-0.25, -0.2) is 4.39 Å². The van der Waals surface area contributed by atoms with Crippen molar-refractivity contribution in [1.29, 1.82) is 0 Å². The van der Waals surface area contributed by atoms with E-state index in [9.17, 15) is 4.39 Å². The maximum absolute atomic E-state index is 13.7. The van der Waals surface area contributed by atoms with Gasteiger partial charge < -0.3 is 10.6 Å². The molecular formula is C16H23FIN3S. The molecule has 0 aromatic heterocycles. The second kappa shape index (κ2) is 8.38. The van der Waals surface area contributed by atoms with E-state index in [0.717, 1.165) is 24.5 Å². The van der Waals surface area contributed by atoms with Crippen LogP contribution in [0.2, 0.25) is 0 Å². The summed E-state index contributed by atoms with van der Waals surface area (Å²) in [6.07, 6.45) is 3.58. The van der Waals surface area contributed by atoms with E-state index in [1.807, 2.05) is 23.9 Å². The Kier molecular flexibility index (Phi) is 6.80. The molecule has 1 heterocycles. The first-order valence-corrected chi connectivity index (χ1v) is 8.66. The minimum absolute atomic E-state index is 0. The number of thioether (sulfide) groups is 1. The van der Waals surface area contributed by atoms with Crippen LogP contribution in [0.15, 0.2) is 29.3 Å². The number of benzene rings is 1. The number of nitrogens with one attached hydrogen (secondary N) is 2. The Bertz CT molecular complexity index is 520. The van der Waals surface area contributed by atoms with E-state index in [0.29, 0.717) is 11.3 Å². The van der Waals surface area contributed by atoms with Gasteiger partial charge in [0.2, 0.25) is 0 Å². The zero-order chi connectivity index (χ0) is 14.7. The van der Waals surface area contributed by atoms with Gasteiger partial charge in [-0.3, -0.25) is 4.99 Å². The van der Waals surface area contributed by atoms with Gasteiger partial charge in [-0.15, -0.1) is 24.0 Å². The highest BCUT2D eigenvalue weighted by Crippen LogP contribution is 2.41. The first kappa shape index (κ1) is 17.8. The lowest BCUT2D eigenvalue weighted by molar-refractivity contribution is 0.607. The number of halogens is 2. The Morgan fingerprint density at radius 2 is 2.23 bits per heavy atom. The van der Waals surface area contributed by atoms with Crippen molar-refractivity contribution in [2.24, 2.45) is 4.99 Å². The molecular weight excluding hydrogens is 412 g/mol. The fourth-order valence-electron chi connectivity index (χ4n) is 2.86. The Morgan fingerprint density at radius 3 is 2.91 bits per heavy atom. The molecule has 2 N–H and O–H groups in total. The zero-order valence-corrected chi connectivity index (χ0v) is 15.9. The summed E-state index contributed by atoms with van der Waals surface area (Å²) in [6, 6.07) is 7.35. The summed E-state index contributed by atoms with van der Waals surface area (Å²) >= 11 is 2.03. The highest BCUT2D eigenvalue weighted by Gasteiger charge is 2.40. The molecule has 2 aliphatic rings. The average Bonchev–Trinajstić information content (AvgIpc) is 3.05. The zero-order valence-electron chi connectivity index (χ0n) is 12.7. The highest BCUT2D eigenvalue weighted by atomic mass is 127. The fraction of sp³-hybridized carbons (Fsp3) is 0.562. The minimum Gasteiger partial charge on any atom is -0.355 e. The van der Waals surface area contributed by atoms with Gasteiger partial charge in [-0.1, -0.05) is 18.2 Å². The Balaban J connectivity index is 0.00000176. The molecule has 3 nitrogen and oxygen atoms in total. The number of aliphatic imine (C=N–C) groups is 1. The van der Waals surface area contributed by atoms with Crippen LogP contribution in [0.3, 0.4) is 0 Å². The predicted octanol–water partition coefficient (Wildman–Crippen LogP) is 3.36. The number of hydrogen-bond donors (Lipinski definition) is 2. The highest BCUT2D eigenvalue weighted by molar-refractivity contribution is 14.0. The minimum atomic E-state index is -0.0999. The van der Waals surface area contributed by atoms with E-state index in [1.54, 1.807) is 13.1 Å². The molecule has 1 saturated carbocycles. The Morgan fingerprint density at radius 1 is 1.41 bits per heavy atom. The van der Waals surface area contributed by atoms with Crippen molar-refractivity contribution < 1.29 is 4.39 Å². The maximum Gasteiger partial charge on any atom is 0.191 e. The van der Waals surface area contributed by atoms with Gasteiger partial charge in [0.15, 0.2) is 5.96 Å². The molecule has 0 radical (unpaired) electrons. The second-order valence-corrected chi connectivity index (χ2v) is 7.11. The van der Waals surface area contributed by atoms with Crippen LogP contribution >= 0.6 is 35.7 Å². The van der Waals surface area contributed by atoms with Crippen LogP contribution in [0, 0.1) is 5.82 Å². The molecule has 0 spiro atoms. The van der Waals surface area contributed by atoms with E-state index in [1.165, 1.54) is 24.7 Å². The predicted molar refractivity (Wildman–Crippen MR) is 103 cm³/mol.